The number of para-hydroxylation sites is 1. The first-order chi connectivity index (χ1) is 8.03. The molecule has 3 nitrogen and oxygen atoms in total. The van der Waals surface area contributed by atoms with Gasteiger partial charge in [-0.15, -0.1) is 0 Å². The molecule has 92 valence electrons. The molecule has 0 saturated heterocycles. The van der Waals surface area contributed by atoms with E-state index in [1.807, 2.05) is 0 Å². The van der Waals surface area contributed by atoms with Crippen LogP contribution in [0.2, 0.25) is 0 Å². The number of hydrogen-bond acceptors (Lipinski definition) is 2. The molecule has 0 aliphatic heterocycles. The van der Waals surface area contributed by atoms with Crippen LogP contribution >= 0.6 is 0 Å². The average molecular weight is 231 g/mol. The maximum Gasteiger partial charge on any atom is 0.0481 e. The molecule has 0 radical (unpaired) electrons. The molecule has 1 heterocycles. The summed E-state index contributed by atoms with van der Waals surface area (Å²) in [6.45, 7) is 5.74. The lowest BCUT2D eigenvalue weighted by Crippen LogP contribution is -2.45. The smallest absolute Gasteiger partial charge is 0.0481 e. The van der Waals surface area contributed by atoms with Crippen LogP contribution in [-0.2, 0) is 13.6 Å². The van der Waals surface area contributed by atoms with Crippen molar-refractivity contribution in [2.45, 2.75) is 25.9 Å². The first kappa shape index (κ1) is 12.1. The van der Waals surface area contributed by atoms with E-state index in [1.165, 1.54) is 16.5 Å². The fourth-order valence-electron chi connectivity index (χ4n) is 1.97. The van der Waals surface area contributed by atoms with Crippen LogP contribution in [0.25, 0.3) is 10.9 Å². The van der Waals surface area contributed by atoms with Crippen LogP contribution in [0.5, 0.6) is 0 Å². The number of hydrogen-bond donors (Lipinski definition) is 2. The van der Waals surface area contributed by atoms with Crippen LogP contribution in [0.3, 0.4) is 0 Å². The minimum Gasteiger partial charge on any atom is -0.350 e. The Labute approximate surface area is 103 Å². The Kier molecular flexibility index (Phi) is 3.22. The Bertz CT molecular complexity index is 511. The zero-order valence-electron chi connectivity index (χ0n) is 10.8. The van der Waals surface area contributed by atoms with Crippen LogP contribution in [0.4, 0.5) is 0 Å². The van der Waals surface area contributed by atoms with Gasteiger partial charge in [0.1, 0.15) is 0 Å². The predicted octanol–water partition coefficient (Wildman–Crippen LogP) is 2.01. The molecular formula is C14H21N3. The molecule has 0 aliphatic carbocycles. The summed E-state index contributed by atoms with van der Waals surface area (Å²) in [4.78, 5) is 0. The van der Waals surface area contributed by atoms with Gasteiger partial charge in [-0.25, -0.2) is 0 Å². The topological polar surface area (TPSA) is 43.0 Å². The van der Waals surface area contributed by atoms with Gasteiger partial charge in [-0.05, 0) is 25.5 Å². The molecule has 2 aromatic rings. The number of nitrogens with two attached hydrogens (primary N) is 1. The monoisotopic (exact) mass is 231 g/mol. The maximum atomic E-state index is 5.72. The SMILES string of the molecule is Cn1cc(CNC(C)(C)CN)c2ccccc21. The van der Waals surface area contributed by atoms with Crippen molar-refractivity contribution in [2.75, 3.05) is 6.54 Å². The third-order valence-corrected chi connectivity index (χ3v) is 3.25. The first-order valence-electron chi connectivity index (χ1n) is 6.01. The molecule has 0 aliphatic rings. The molecule has 1 aromatic heterocycles. The zero-order chi connectivity index (χ0) is 12.5. The van der Waals surface area contributed by atoms with Crippen molar-refractivity contribution >= 4 is 10.9 Å². The second kappa shape index (κ2) is 4.51. The van der Waals surface area contributed by atoms with Gasteiger partial charge < -0.3 is 15.6 Å². The van der Waals surface area contributed by atoms with Gasteiger partial charge in [0.15, 0.2) is 0 Å². The quantitative estimate of drug-likeness (QED) is 0.845. The Morgan fingerprint density at radius 3 is 2.71 bits per heavy atom. The van der Waals surface area contributed by atoms with Crippen molar-refractivity contribution in [3.05, 3.63) is 36.0 Å². The predicted molar refractivity (Wildman–Crippen MR) is 72.9 cm³/mol. The number of nitrogens with one attached hydrogen (secondary N) is 1. The van der Waals surface area contributed by atoms with Crippen molar-refractivity contribution in [3.8, 4) is 0 Å². The number of benzene rings is 1. The van der Waals surface area contributed by atoms with Crippen LogP contribution in [0.15, 0.2) is 30.5 Å². The zero-order valence-corrected chi connectivity index (χ0v) is 10.8. The van der Waals surface area contributed by atoms with Crippen molar-refractivity contribution in [2.24, 2.45) is 12.8 Å². The summed E-state index contributed by atoms with van der Waals surface area (Å²) >= 11 is 0. The molecule has 3 N–H and O–H groups in total. The lowest BCUT2D eigenvalue weighted by atomic mass is 10.1. The highest BCUT2D eigenvalue weighted by atomic mass is 15.0. The molecule has 17 heavy (non-hydrogen) atoms. The Hall–Kier alpha value is -1.32. The van der Waals surface area contributed by atoms with Crippen molar-refractivity contribution in [3.63, 3.8) is 0 Å². The summed E-state index contributed by atoms with van der Waals surface area (Å²) in [5.74, 6) is 0. The second-order valence-corrected chi connectivity index (χ2v) is 5.22. The van der Waals surface area contributed by atoms with Gasteiger partial charge in [-0.2, -0.15) is 0 Å². The number of fused-ring (bicyclic) bond motifs is 1. The van der Waals surface area contributed by atoms with E-state index in [0.29, 0.717) is 6.54 Å². The largest absolute Gasteiger partial charge is 0.350 e. The van der Waals surface area contributed by atoms with Gasteiger partial charge in [0.25, 0.3) is 0 Å². The number of rotatable bonds is 4. The van der Waals surface area contributed by atoms with Crippen LogP contribution < -0.4 is 11.1 Å². The average Bonchev–Trinajstić information content (AvgIpc) is 2.65. The lowest BCUT2D eigenvalue weighted by molar-refractivity contribution is 0.397. The molecule has 1 aromatic carbocycles. The fourth-order valence-corrected chi connectivity index (χ4v) is 1.97. The number of nitrogens with zero attached hydrogens (tertiary/aromatic N) is 1. The van der Waals surface area contributed by atoms with Crippen molar-refractivity contribution in [1.82, 2.24) is 9.88 Å². The molecule has 3 heteroatoms. The van der Waals surface area contributed by atoms with E-state index in [0.717, 1.165) is 6.54 Å². The normalized spacial score (nSPS) is 12.2. The second-order valence-electron chi connectivity index (χ2n) is 5.22. The van der Waals surface area contributed by atoms with Gasteiger partial charge in [-0.1, -0.05) is 18.2 Å². The molecular weight excluding hydrogens is 210 g/mol. The molecule has 2 rings (SSSR count). The highest BCUT2D eigenvalue weighted by Crippen LogP contribution is 2.20. The third kappa shape index (κ3) is 2.51. The third-order valence-electron chi connectivity index (χ3n) is 3.25. The van der Waals surface area contributed by atoms with E-state index in [9.17, 15) is 0 Å². The van der Waals surface area contributed by atoms with E-state index in [2.05, 4.69) is 61.2 Å². The summed E-state index contributed by atoms with van der Waals surface area (Å²) in [6.07, 6.45) is 2.18. The maximum absolute atomic E-state index is 5.72. The Balaban J connectivity index is 2.25. The lowest BCUT2D eigenvalue weighted by Gasteiger charge is -2.24. The van der Waals surface area contributed by atoms with Crippen molar-refractivity contribution in [1.29, 1.82) is 0 Å². The van der Waals surface area contributed by atoms with Gasteiger partial charge in [0, 0.05) is 42.8 Å². The minimum atomic E-state index is -0.0169. The van der Waals surface area contributed by atoms with Gasteiger partial charge in [0.05, 0.1) is 0 Å². The summed E-state index contributed by atoms with van der Waals surface area (Å²) in [5, 5.41) is 4.81. The molecule has 0 unspecified atom stereocenters. The van der Waals surface area contributed by atoms with E-state index in [-0.39, 0.29) is 5.54 Å². The van der Waals surface area contributed by atoms with Crippen molar-refractivity contribution < 1.29 is 0 Å². The number of aromatic nitrogens is 1. The highest BCUT2D eigenvalue weighted by Gasteiger charge is 2.15. The molecule has 0 spiro atoms. The summed E-state index contributed by atoms with van der Waals surface area (Å²) < 4.78 is 2.17. The Morgan fingerprint density at radius 2 is 2.00 bits per heavy atom. The highest BCUT2D eigenvalue weighted by molar-refractivity contribution is 5.83. The minimum absolute atomic E-state index is 0.0169. The van der Waals surface area contributed by atoms with Crippen LogP contribution in [-0.4, -0.2) is 16.7 Å². The van der Waals surface area contributed by atoms with Gasteiger partial charge >= 0.3 is 0 Å². The summed E-state index contributed by atoms with van der Waals surface area (Å²) in [7, 11) is 2.08. The first-order valence-corrected chi connectivity index (χ1v) is 6.01. The van der Waals surface area contributed by atoms with Crippen LogP contribution in [0.1, 0.15) is 19.4 Å². The molecule has 0 saturated carbocycles. The van der Waals surface area contributed by atoms with Crippen LogP contribution in [0, 0.1) is 0 Å². The molecule has 0 amide bonds. The van der Waals surface area contributed by atoms with E-state index >= 15 is 0 Å². The molecule has 0 fully saturated rings. The molecule has 0 bridgehead atoms. The standard InChI is InChI=1S/C14H21N3/c1-14(2,10-15)16-8-11-9-17(3)13-7-5-4-6-12(11)13/h4-7,9,16H,8,10,15H2,1-3H3. The van der Waals surface area contributed by atoms with E-state index < -0.39 is 0 Å². The van der Waals surface area contributed by atoms with Gasteiger partial charge in [-0.3, -0.25) is 0 Å². The van der Waals surface area contributed by atoms with E-state index in [1.54, 1.807) is 0 Å². The van der Waals surface area contributed by atoms with E-state index in [4.69, 9.17) is 5.73 Å². The molecule has 0 atom stereocenters. The summed E-state index contributed by atoms with van der Waals surface area (Å²) in [5.41, 5.74) is 8.30. The number of aryl methyl sites for hydroxylation is 1. The fraction of sp³-hybridized carbons (Fsp3) is 0.429. The van der Waals surface area contributed by atoms with Gasteiger partial charge in [0.2, 0.25) is 0 Å². The summed E-state index contributed by atoms with van der Waals surface area (Å²) in [6, 6.07) is 8.47. The Morgan fingerprint density at radius 1 is 1.29 bits per heavy atom.